The van der Waals surface area contributed by atoms with E-state index in [1.807, 2.05) is 13.9 Å². The van der Waals surface area contributed by atoms with Crippen molar-refractivity contribution in [1.29, 1.82) is 0 Å². The summed E-state index contributed by atoms with van der Waals surface area (Å²) in [6.45, 7) is 0. The summed E-state index contributed by atoms with van der Waals surface area (Å²) in [4.78, 5) is 11.9. The topological polar surface area (TPSA) is 42.2 Å². The van der Waals surface area contributed by atoms with Crippen LogP contribution in [0.2, 0.25) is 0 Å². The molecule has 1 aliphatic heterocycles. The van der Waals surface area contributed by atoms with Gasteiger partial charge in [0.05, 0.1) is 4.91 Å². The Labute approximate surface area is 111 Å². The van der Waals surface area contributed by atoms with Crippen LogP contribution < -0.4 is 10.8 Å². The van der Waals surface area contributed by atoms with E-state index in [0.29, 0.717) is 15.0 Å². The molecule has 0 radical (unpaired) electrons. The SMILES string of the molecule is Bc1cc(/C=C2\SC(=S)NC2=O)oc1I. The number of hydrogen-bond donors (Lipinski definition) is 1. The number of thioether (sulfide) groups is 1. The number of hydrogen-bond acceptors (Lipinski definition) is 4. The second-order valence-corrected chi connectivity index (χ2v) is 5.66. The molecule has 1 aliphatic rings. The molecule has 1 N–H and O–H groups in total. The molecular weight excluding hydrogens is 344 g/mol. The van der Waals surface area contributed by atoms with Gasteiger partial charge in [-0.05, 0) is 34.1 Å². The molecule has 0 bridgehead atoms. The Balaban J connectivity index is 2.30. The van der Waals surface area contributed by atoms with Gasteiger partial charge in [-0.3, -0.25) is 4.79 Å². The van der Waals surface area contributed by atoms with Crippen LogP contribution in [0.3, 0.4) is 0 Å². The van der Waals surface area contributed by atoms with Gasteiger partial charge in [0.1, 0.15) is 17.9 Å². The summed E-state index contributed by atoms with van der Waals surface area (Å²) in [7, 11) is 1.96. The second-order valence-electron chi connectivity index (χ2n) is 2.96. The highest BCUT2D eigenvalue weighted by molar-refractivity contribution is 14.1. The number of carbonyl (C=O) groups excluding carboxylic acids is 1. The summed E-state index contributed by atoms with van der Waals surface area (Å²) >= 11 is 8.24. The normalized spacial score (nSPS) is 18.6. The van der Waals surface area contributed by atoms with E-state index >= 15 is 0 Å². The van der Waals surface area contributed by atoms with Crippen LogP contribution in [0.25, 0.3) is 6.08 Å². The minimum Gasteiger partial charge on any atom is -0.452 e. The average Bonchev–Trinajstić information content (AvgIpc) is 2.59. The van der Waals surface area contributed by atoms with Crippen molar-refractivity contribution in [2.75, 3.05) is 0 Å². The third-order valence-electron chi connectivity index (χ3n) is 1.79. The molecular formula is C8H5BINO2S2. The second kappa shape index (κ2) is 4.30. The Bertz CT molecular complexity index is 463. The van der Waals surface area contributed by atoms with Crippen LogP contribution >= 0.6 is 46.6 Å². The van der Waals surface area contributed by atoms with E-state index in [2.05, 4.69) is 27.9 Å². The summed E-state index contributed by atoms with van der Waals surface area (Å²) in [5, 5.41) is 2.55. The van der Waals surface area contributed by atoms with Crippen LogP contribution in [0, 0.1) is 3.77 Å². The Morgan fingerprint density at radius 2 is 2.40 bits per heavy atom. The monoisotopic (exact) mass is 349 g/mol. The summed E-state index contributed by atoms with van der Waals surface area (Å²) in [6.07, 6.45) is 1.70. The predicted molar refractivity (Wildman–Crippen MR) is 75.9 cm³/mol. The van der Waals surface area contributed by atoms with E-state index in [4.69, 9.17) is 16.6 Å². The van der Waals surface area contributed by atoms with E-state index in [1.165, 1.54) is 11.8 Å². The molecule has 1 aromatic rings. The van der Waals surface area contributed by atoms with Crippen LogP contribution in [0.4, 0.5) is 0 Å². The first kappa shape index (κ1) is 11.2. The molecule has 2 rings (SSSR count). The number of carbonyl (C=O) groups is 1. The summed E-state index contributed by atoms with van der Waals surface area (Å²) in [5.74, 6) is 0.522. The van der Waals surface area contributed by atoms with E-state index in [0.717, 1.165) is 9.23 Å². The maximum atomic E-state index is 11.3. The molecule has 2 heterocycles. The quantitative estimate of drug-likeness (QED) is 0.350. The largest absolute Gasteiger partial charge is 0.452 e. The zero-order chi connectivity index (χ0) is 11.0. The molecule has 0 saturated carbocycles. The van der Waals surface area contributed by atoms with E-state index in [1.54, 1.807) is 6.08 Å². The molecule has 7 heteroatoms. The smallest absolute Gasteiger partial charge is 0.263 e. The lowest BCUT2D eigenvalue weighted by Crippen LogP contribution is -2.17. The van der Waals surface area contributed by atoms with E-state index in [-0.39, 0.29) is 5.91 Å². The summed E-state index contributed by atoms with van der Waals surface area (Å²) in [5.41, 5.74) is 1.06. The van der Waals surface area contributed by atoms with Crippen molar-refractivity contribution in [3.05, 3.63) is 20.5 Å². The van der Waals surface area contributed by atoms with Crippen molar-refractivity contribution in [3.63, 3.8) is 0 Å². The van der Waals surface area contributed by atoms with Crippen molar-refractivity contribution in [3.8, 4) is 0 Å². The lowest BCUT2D eigenvalue weighted by molar-refractivity contribution is -0.115. The zero-order valence-corrected chi connectivity index (χ0v) is 11.5. The predicted octanol–water partition coefficient (Wildman–Crippen LogP) is 0.631. The molecule has 15 heavy (non-hydrogen) atoms. The van der Waals surface area contributed by atoms with Gasteiger partial charge in [0.2, 0.25) is 0 Å². The first-order valence-electron chi connectivity index (χ1n) is 4.07. The van der Waals surface area contributed by atoms with Crippen LogP contribution in [0.15, 0.2) is 15.4 Å². The molecule has 0 atom stereocenters. The van der Waals surface area contributed by atoms with Crippen molar-refractivity contribution in [2.45, 2.75) is 0 Å². The number of rotatable bonds is 1. The molecule has 1 aromatic heterocycles. The van der Waals surface area contributed by atoms with E-state index in [9.17, 15) is 4.79 Å². The molecule has 0 aliphatic carbocycles. The first-order chi connectivity index (χ1) is 7.06. The number of amides is 1. The fourth-order valence-corrected chi connectivity index (χ4v) is 2.54. The fourth-order valence-electron chi connectivity index (χ4n) is 1.10. The molecule has 0 unspecified atom stereocenters. The van der Waals surface area contributed by atoms with Gasteiger partial charge < -0.3 is 9.73 Å². The third kappa shape index (κ3) is 2.45. The Morgan fingerprint density at radius 1 is 1.67 bits per heavy atom. The highest BCUT2D eigenvalue weighted by atomic mass is 127. The number of thiocarbonyl (C=S) groups is 1. The lowest BCUT2D eigenvalue weighted by atomic mass is 10.0. The molecule has 3 nitrogen and oxygen atoms in total. The average molecular weight is 349 g/mol. The summed E-state index contributed by atoms with van der Waals surface area (Å²) < 4.78 is 6.76. The molecule has 0 spiro atoms. The summed E-state index contributed by atoms with van der Waals surface area (Å²) in [6, 6.07) is 1.89. The van der Waals surface area contributed by atoms with Gasteiger partial charge in [0.15, 0.2) is 3.77 Å². The minimum atomic E-state index is -0.158. The van der Waals surface area contributed by atoms with Crippen LogP contribution in [0.5, 0.6) is 0 Å². The van der Waals surface area contributed by atoms with E-state index < -0.39 is 0 Å². The van der Waals surface area contributed by atoms with Crippen LogP contribution in [-0.2, 0) is 4.79 Å². The fraction of sp³-hybridized carbons (Fsp3) is 0. The minimum absolute atomic E-state index is 0.158. The molecule has 1 amide bonds. The highest BCUT2D eigenvalue weighted by Gasteiger charge is 2.22. The molecule has 1 fully saturated rings. The van der Waals surface area contributed by atoms with Gasteiger partial charge in [-0.1, -0.05) is 24.0 Å². The van der Waals surface area contributed by atoms with Crippen molar-refractivity contribution in [1.82, 2.24) is 5.32 Å². The first-order valence-corrected chi connectivity index (χ1v) is 6.37. The van der Waals surface area contributed by atoms with Crippen molar-refractivity contribution < 1.29 is 9.21 Å². The lowest BCUT2D eigenvalue weighted by Gasteiger charge is -1.88. The third-order valence-corrected chi connectivity index (χ3v) is 4.03. The van der Waals surface area contributed by atoms with Gasteiger partial charge >= 0.3 is 0 Å². The standard InChI is InChI=1S/C8H5BINO2S2/c9-4-1-3(13-6(4)10)2-5-7(12)11-8(14)15-5/h1-2H,9H2,(H,11,12,14)/b5-2-. The zero-order valence-electron chi connectivity index (χ0n) is 7.67. The van der Waals surface area contributed by atoms with Crippen LogP contribution in [-0.4, -0.2) is 18.1 Å². The molecule has 0 aromatic carbocycles. The van der Waals surface area contributed by atoms with Gasteiger partial charge in [0, 0.05) is 6.08 Å². The Morgan fingerprint density at radius 3 is 2.87 bits per heavy atom. The maximum absolute atomic E-state index is 11.3. The van der Waals surface area contributed by atoms with Gasteiger partial charge in [-0.25, -0.2) is 0 Å². The van der Waals surface area contributed by atoms with Gasteiger partial charge in [-0.15, -0.1) is 0 Å². The molecule has 76 valence electrons. The van der Waals surface area contributed by atoms with Crippen LogP contribution in [0.1, 0.15) is 5.76 Å². The number of halogens is 1. The van der Waals surface area contributed by atoms with Gasteiger partial charge in [-0.2, -0.15) is 0 Å². The molecule has 1 saturated heterocycles. The van der Waals surface area contributed by atoms with Gasteiger partial charge in [0.25, 0.3) is 5.91 Å². The van der Waals surface area contributed by atoms with Crippen molar-refractivity contribution in [2.24, 2.45) is 0 Å². The Hall–Kier alpha value is -0.275. The van der Waals surface area contributed by atoms with Crippen molar-refractivity contribution >= 4 is 76.2 Å². The highest BCUT2D eigenvalue weighted by Crippen LogP contribution is 2.26. The number of nitrogens with one attached hydrogen (secondary N) is 1. The number of furan rings is 1. The Kier molecular flexibility index (Phi) is 3.22. The maximum Gasteiger partial charge on any atom is 0.263 e.